The number of nitrogens with one attached hydrogen (secondary N) is 1. The van der Waals surface area contributed by atoms with Crippen LogP contribution in [0.3, 0.4) is 0 Å². The smallest absolute Gasteiger partial charge is 0.253 e. The molecule has 1 heterocycles. The highest BCUT2D eigenvalue weighted by atomic mass is 35.5. The number of rotatable bonds is 3. The average molecular weight is 298 g/mol. The van der Waals surface area contributed by atoms with Crippen LogP contribution in [0.4, 0.5) is 0 Å². The Morgan fingerprint density at radius 3 is 2.68 bits per heavy atom. The van der Waals surface area contributed by atoms with Gasteiger partial charge in [0.05, 0.1) is 28.5 Å². The number of hydrogen-bond acceptors (Lipinski definition) is 2. The second-order valence-corrected chi connectivity index (χ2v) is 5.05. The van der Waals surface area contributed by atoms with Gasteiger partial charge in [-0.3, -0.25) is 9.48 Å². The summed E-state index contributed by atoms with van der Waals surface area (Å²) in [5.74, 6) is -0.236. The standard InChI is InChI=1S/C13H13Cl2N3O/c1-8-5-10(18(2)17-8)7-16-13(19)11-4-3-9(14)6-12(11)15/h3-6H,7H2,1-2H3,(H,16,19). The molecule has 2 aromatic rings. The molecule has 1 aromatic heterocycles. The SMILES string of the molecule is Cc1cc(CNC(=O)c2ccc(Cl)cc2Cl)n(C)n1. The molecule has 0 bridgehead atoms. The molecule has 6 heteroatoms. The molecule has 1 aromatic carbocycles. The van der Waals surface area contributed by atoms with Gasteiger partial charge in [0.25, 0.3) is 5.91 Å². The first kappa shape index (κ1) is 13.9. The summed E-state index contributed by atoms with van der Waals surface area (Å²) in [7, 11) is 1.84. The topological polar surface area (TPSA) is 46.9 Å². The second-order valence-electron chi connectivity index (χ2n) is 4.21. The van der Waals surface area contributed by atoms with Crippen molar-refractivity contribution in [2.45, 2.75) is 13.5 Å². The summed E-state index contributed by atoms with van der Waals surface area (Å²) in [5, 5.41) is 7.86. The fourth-order valence-corrected chi connectivity index (χ4v) is 2.26. The molecule has 19 heavy (non-hydrogen) atoms. The lowest BCUT2D eigenvalue weighted by molar-refractivity contribution is 0.0950. The number of nitrogens with zero attached hydrogens (tertiary/aromatic N) is 2. The molecule has 1 amide bonds. The van der Waals surface area contributed by atoms with Crippen molar-refractivity contribution in [3.63, 3.8) is 0 Å². The van der Waals surface area contributed by atoms with Gasteiger partial charge in [0.15, 0.2) is 0 Å². The predicted molar refractivity (Wildman–Crippen MR) is 75.6 cm³/mol. The van der Waals surface area contributed by atoms with Gasteiger partial charge in [0, 0.05) is 12.1 Å². The number of carbonyl (C=O) groups excluding carboxylic acids is 1. The van der Waals surface area contributed by atoms with E-state index < -0.39 is 0 Å². The predicted octanol–water partition coefficient (Wildman–Crippen LogP) is 2.97. The van der Waals surface area contributed by atoms with Gasteiger partial charge in [0.2, 0.25) is 0 Å². The lowest BCUT2D eigenvalue weighted by Gasteiger charge is -2.07. The Morgan fingerprint density at radius 2 is 2.11 bits per heavy atom. The zero-order valence-corrected chi connectivity index (χ0v) is 12.1. The monoisotopic (exact) mass is 297 g/mol. The van der Waals surface area contributed by atoms with Crippen molar-refractivity contribution in [3.05, 3.63) is 51.3 Å². The number of halogens is 2. The van der Waals surface area contributed by atoms with Crippen molar-refractivity contribution in [2.75, 3.05) is 0 Å². The summed E-state index contributed by atoms with van der Waals surface area (Å²) in [6.45, 7) is 2.30. The fourth-order valence-electron chi connectivity index (χ4n) is 1.77. The van der Waals surface area contributed by atoms with Crippen molar-refractivity contribution >= 4 is 29.1 Å². The quantitative estimate of drug-likeness (QED) is 0.947. The molecule has 0 saturated carbocycles. The van der Waals surface area contributed by atoms with Crippen LogP contribution >= 0.6 is 23.2 Å². The van der Waals surface area contributed by atoms with Crippen LogP contribution < -0.4 is 5.32 Å². The zero-order valence-electron chi connectivity index (χ0n) is 10.6. The Labute approximate surface area is 121 Å². The minimum atomic E-state index is -0.236. The molecule has 0 fully saturated rings. The van der Waals surface area contributed by atoms with Crippen LogP contribution in [0.2, 0.25) is 10.0 Å². The number of carbonyl (C=O) groups is 1. The molecule has 0 spiro atoms. The van der Waals surface area contributed by atoms with E-state index in [0.717, 1.165) is 11.4 Å². The van der Waals surface area contributed by atoms with Crippen molar-refractivity contribution in [3.8, 4) is 0 Å². The third-order valence-corrected chi connectivity index (χ3v) is 3.25. The van der Waals surface area contributed by atoms with E-state index in [1.807, 2.05) is 20.0 Å². The van der Waals surface area contributed by atoms with Crippen LogP contribution in [0.25, 0.3) is 0 Å². The molecule has 0 saturated heterocycles. The Morgan fingerprint density at radius 1 is 1.37 bits per heavy atom. The molecule has 0 radical (unpaired) electrons. The van der Waals surface area contributed by atoms with Crippen molar-refractivity contribution in [2.24, 2.45) is 7.05 Å². The van der Waals surface area contributed by atoms with Crippen LogP contribution in [-0.2, 0) is 13.6 Å². The minimum absolute atomic E-state index is 0.236. The first-order chi connectivity index (χ1) is 8.97. The average Bonchev–Trinajstić information content (AvgIpc) is 2.65. The van der Waals surface area contributed by atoms with Gasteiger partial charge in [-0.1, -0.05) is 23.2 Å². The van der Waals surface area contributed by atoms with E-state index in [4.69, 9.17) is 23.2 Å². The van der Waals surface area contributed by atoms with Crippen LogP contribution in [-0.4, -0.2) is 15.7 Å². The van der Waals surface area contributed by atoms with Crippen molar-refractivity contribution < 1.29 is 4.79 Å². The first-order valence-corrected chi connectivity index (χ1v) is 6.45. The molecular formula is C13H13Cl2N3O. The highest BCUT2D eigenvalue weighted by Crippen LogP contribution is 2.20. The molecule has 0 unspecified atom stereocenters. The third kappa shape index (κ3) is 3.28. The number of aromatic nitrogens is 2. The van der Waals surface area contributed by atoms with E-state index in [1.54, 1.807) is 22.9 Å². The number of aryl methyl sites for hydroxylation is 2. The summed E-state index contributed by atoms with van der Waals surface area (Å²) in [6, 6.07) is 6.71. The third-order valence-electron chi connectivity index (χ3n) is 2.70. The molecule has 100 valence electrons. The van der Waals surface area contributed by atoms with Gasteiger partial charge >= 0.3 is 0 Å². The highest BCUT2D eigenvalue weighted by molar-refractivity contribution is 6.36. The maximum atomic E-state index is 12.0. The van der Waals surface area contributed by atoms with Gasteiger partial charge in [-0.15, -0.1) is 0 Å². The molecule has 2 rings (SSSR count). The van der Waals surface area contributed by atoms with E-state index in [-0.39, 0.29) is 5.91 Å². The number of hydrogen-bond donors (Lipinski definition) is 1. The van der Waals surface area contributed by atoms with Gasteiger partial charge in [-0.2, -0.15) is 5.10 Å². The zero-order chi connectivity index (χ0) is 14.0. The van der Waals surface area contributed by atoms with Crippen molar-refractivity contribution in [1.29, 1.82) is 0 Å². The summed E-state index contributed by atoms with van der Waals surface area (Å²) in [6.07, 6.45) is 0. The fraction of sp³-hybridized carbons (Fsp3) is 0.231. The van der Waals surface area contributed by atoms with Crippen LogP contribution in [0.15, 0.2) is 24.3 Å². The maximum absolute atomic E-state index is 12.0. The van der Waals surface area contributed by atoms with Crippen LogP contribution in [0.1, 0.15) is 21.7 Å². The Balaban J connectivity index is 2.07. The van der Waals surface area contributed by atoms with Gasteiger partial charge < -0.3 is 5.32 Å². The summed E-state index contributed by atoms with van der Waals surface area (Å²) in [4.78, 5) is 12.0. The van der Waals surface area contributed by atoms with E-state index >= 15 is 0 Å². The van der Waals surface area contributed by atoms with Crippen LogP contribution in [0.5, 0.6) is 0 Å². The van der Waals surface area contributed by atoms with E-state index in [9.17, 15) is 4.79 Å². The number of amides is 1. The van der Waals surface area contributed by atoms with E-state index in [2.05, 4.69) is 10.4 Å². The van der Waals surface area contributed by atoms with Gasteiger partial charge in [0.1, 0.15) is 0 Å². The summed E-state index contributed by atoms with van der Waals surface area (Å²) in [5.41, 5.74) is 2.25. The Hall–Kier alpha value is -1.52. The molecule has 4 nitrogen and oxygen atoms in total. The Kier molecular flexibility index (Phi) is 4.12. The normalized spacial score (nSPS) is 10.5. The summed E-state index contributed by atoms with van der Waals surface area (Å²) >= 11 is 11.8. The largest absolute Gasteiger partial charge is 0.346 e. The minimum Gasteiger partial charge on any atom is -0.346 e. The first-order valence-electron chi connectivity index (χ1n) is 5.70. The van der Waals surface area contributed by atoms with Crippen LogP contribution in [0, 0.1) is 6.92 Å². The molecular weight excluding hydrogens is 285 g/mol. The Bertz CT molecular complexity index is 622. The lowest BCUT2D eigenvalue weighted by Crippen LogP contribution is -2.24. The van der Waals surface area contributed by atoms with E-state index in [1.165, 1.54) is 0 Å². The molecule has 0 aliphatic carbocycles. The van der Waals surface area contributed by atoms with Gasteiger partial charge in [-0.25, -0.2) is 0 Å². The lowest BCUT2D eigenvalue weighted by atomic mass is 10.2. The van der Waals surface area contributed by atoms with Gasteiger partial charge in [-0.05, 0) is 31.2 Å². The second kappa shape index (κ2) is 5.63. The van der Waals surface area contributed by atoms with E-state index in [0.29, 0.717) is 22.2 Å². The molecule has 0 aliphatic heterocycles. The summed E-state index contributed by atoms with van der Waals surface area (Å²) < 4.78 is 1.74. The molecule has 0 aliphatic rings. The van der Waals surface area contributed by atoms with Crippen molar-refractivity contribution in [1.82, 2.24) is 15.1 Å². The maximum Gasteiger partial charge on any atom is 0.253 e. The molecule has 0 atom stereocenters. The number of benzene rings is 1. The highest BCUT2D eigenvalue weighted by Gasteiger charge is 2.11. The molecule has 1 N–H and O–H groups in total.